The number of ether oxygens (including phenoxy) is 1. The van der Waals surface area contributed by atoms with Crippen LogP contribution in [-0.2, 0) is 17.6 Å². The van der Waals surface area contributed by atoms with Crippen molar-refractivity contribution < 1.29 is 24.6 Å². The molecular weight excluding hydrogens is 324 g/mol. The molecule has 2 aromatic rings. The largest absolute Gasteiger partial charge is 0.465 e. The summed E-state index contributed by atoms with van der Waals surface area (Å²) < 4.78 is 5.80. The Labute approximate surface area is 144 Å². The van der Waals surface area contributed by atoms with E-state index in [2.05, 4.69) is 5.32 Å². The van der Waals surface area contributed by atoms with Crippen molar-refractivity contribution in [1.82, 2.24) is 5.48 Å². The molecule has 0 aliphatic heterocycles. The third-order valence-electron chi connectivity index (χ3n) is 4.23. The van der Waals surface area contributed by atoms with Gasteiger partial charge in [0.2, 0.25) is 5.91 Å². The molecule has 1 atom stereocenters. The Morgan fingerprint density at radius 3 is 2.44 bits per heavy atom. The second-order valence-corrected chi connectivity index (χ2v) is 5.90. The zero-order chi connectivity index (χ0) is 17.8. The lowest BCUT2D eigenvalue weighted by molar-refractivity contribution is -0.133. The summed E-state index contributed by atoms with van der Waals surface area (Å²) in [7, 11) is 0. The van der Waals surface area contributed by atoms with E-state index in [1.807, 2.05) is 18.2 Å². The molecule has 2 amide bonds. The summed E-state index contributed by atoms with van der Waals surface area (Å²) in [6.45, 7) is 0. The molecular formula is C18H18N2O5. The predicted molar refractivity (Wildman–Crippen MR) is 90.0 cm³/mol. The van der Waals surface area contributed by atoms with E-state index in [4.69, 9.17) is 15.1 Å². The number of rotatable bonds is 4. The van der Waals surface area contributed by atoms with Crippen LogP contribution in [0.15, 0.2) is 42.5 Å². The first-order chi connectivity index (χ1) is 12.0. The van der Waals surface area contributed by atoms with E-state index in [9.17, 15) is 9.59 Å². The average Bonchev–Trinajstić information content (AvgIpc) is 2.61. The molecule has 25 heavy (non-hydrogen) atoms. The number of anilines is 1. The maximum atomic E-state index is 11.6. The van der Waals surface area contributed by atoms with Crippen molar-refractivity contribution in [3.63, 3.8) is 0 Å². The number of carbonyl (C=O) groups excluding carboxylic acids is 1. The lowest BCUT2D eigenvalue weighted by Crippen LogP contribution is -2.31. The zero-order valence-corrected chi connectivity index (χ0v) is 13.4. The van der Waals surface area contributed by atoms with Gasteiger partial charge in [-0.25, -0.2) is 10.3 Å². The van der Waals surface area contributed by atoms with Crippen molar-refractivity contribution in [3.8, 4) is 11.5 Å². The molecule has 0 heterocycles. The summed E-state index contributed by atoms with van der Waals surface area (Å²) >= 11 is 0. The summed E-state index contributed by atoms with van der Waals surface area (Å²) in [4.78, 5) is 22.2. The van der Waals surface area contributed by atoms with E-state index < -0.39 is 6.09 Å². The number of nitrogens with one attached hydrogen (secondary N) is 2. The summed E-state index contributed by atoms with van der Waals surface area (Å²) in [6, 6.07) is 12.3. The minimum atomic E-state index is -1.12. The van der Waals surface area contributed by atoms with Gasteiger partial charge in [0.25, 0.3) is 0 Å². The highest BCUT2D eigenvalue weighted by molar-refractivity contribution is 5.82. The third kappa shape index (κ3) is 4.07. The lowest BCUT2D eigenvalue weighted by Gasteiger charge is -2.23. The van der Waals surface area contributed by atoms with E-state index in [-0.39, 0.29) is 11.8 Å². The number of hydrogen-bond acceptors (Lipinski definition) is 4. The number of fused-ring (bicyclic) bond motifs is 1. The molecule has 130 valence electrons. The van der Waals surface area contributed by atoms with Crippen LogP contribution in [0.2, 0.25) is 0 Å². The number of benzene rings is 2. The Morgan fingerprint density at radius 1 is 1.04 bits per heavy atom. The molecule has 7 heteroatoms. The Balaban J connectivity index is 1.72. The highest BCUT2D eigenvalue weighted by atomic mass is 16.5. The molecule has 0 bridgehead atoms. The summed E-state index contributed by atoms with van der Waals surface area (Å²) in [5.41, 5.74) is 4.39. The van der Waals surface area contributed by atoms with E-state index in [0.717, 1.165) is 12.0 Å². The van der Waals surface area contributed by atoms with E-state index in [1.54, 1.807) is 29.7 Å². The molecule has 1 aliphatic carbocycles. The van der Waals surface area contributed by atoms with Gasteiger partial charge in [-0.05, 0) is 66.8 Å². The Morgan fingerprint density at radius 2 is 1.76 bits per heavy atom. The number of hydroxylamine groups is 1. The van der Waals surface area contributed by atoms with Crippen molar-refractivity contribution in [2.24, 2.45) is 5.92 Å². The van der Waals surface area contributed by atoms with Gasteiger partial charge in [-0.2, -0.15) is 0 Å². The van der Waals surface area contributed by atoms with Crippen LogP contribution < -0.4 is 15.5 Å². The summed E-state index contributed by atoms with van der Waals surface area (Å²) in [5.74, 6) is 0.617. The van der Waals surface area contributed by atoms with Gasteiger partial charge in [0, 0.05) is 11.6 Å². The molecule has 0 aromatic heterocycles. The zero-order valence-electron chi connectivity index (χ0n) is 13.4. The van der Waals surface area contributed by atoms with Crippen molar-refractivity contribution in [3.05, 3.63) is 53.6 Å². The minimum Gasteiger partial charge on any atom is -0.465 e. The van der Waals surface area contributed by atoms with Crippen molar-refractivity contribution in [1.29, 1.82) is 0 Å². The van der Waals surface area contributed by atoms with Crippen LogP contribution in [0.4, 0.5) is 10.5 Å². The number of carbonyl (C=O) groups is 2. The fourth-order valence-electron chi connectivity index (χ4n) is 2.98. The van der Waals surface area contributed by atoms with Gasteiger partial charge < -0.3 is 9.84 Å². The highest BCUT2D eigenvalue weighted by Gasteiger charge is 2.24. The van der Waals surface area contributed by atoms with Crippen LogP contribution in [0.3, 0.4) is 0 Å². The van der Waals surface area contributed by atoms with Crippen LogP contribution in [0.25, 0.3) is 0 Å². The third-order valence-corrected chi connectivity index (χ3v) is 4.23. The van der Waals surface area contributed by atoms with E-state index >= 15 is 0 Å². The molecule has 0 radical (unpaired) electrons. The molecule has 0 saturated heterocycles. The summed E-state index contributed by atoms with van der Waals surface area (Å²) in [5, 5.41) is 19.7. The van der Waals surface area contributed by atoms with Crippen LogP contribution in [0, 0.1) is 5.92 Å². The van der Waals surface area contributed by atoms with Gasteiger partial charge in [0.1, 0.15) is 11.5 Å². The standard InChI is InChI=1S/C18H18N2O5/c21-17(20-24)12-2-1-11-3-6-16(10-13(11)9-12)25-15-7-4-14(5-8-15)19-18(22)23/h3-8,10,12,19,24H,1-2,9H2,(H,20,21)(H,22,23). The Hall–Kier alpha value is -3.06. The number of hydrogen-bond donors (Lipinski definition) is 4. The fraction of sp³-hybridized carbons (Fsp3) is 0.222. The number of amides is 2. The van der Waals surface area contributed by atoms with Crippen molar-refractivity contribution >= 4 is 17.7 Å². The topological polar surface area (TPSA) is 108 Å². The van der Waals surface area contributed by atoms with Crippen LogP contribution in [0.1, 0.15) is 17.5 Å². The SMILES string of the molecule is O=C(O)Nc1ccc(Oc2ccc3c(c2)CC(C(=O)NO)CC3)cc1. The predicted octanol–water partition coefficient (Wildman–Crippen LogP) is 3.18. The van der Waals surface area contributed by atoms with Crippen LogP contribution in [0.5, 0.6) is 11.5 Å². The average molecular weight is 342 g/mol. The maximum absolute atomic E-state index is 11.6. The fourth-order valence-corrected chi connectivity index (χ4v) is 2.98. The monoisotopic (exact) mass is 342 g/mol. The lowest BCUT2D eigenvalue weighted by atomic mass is 9.83. The molecule has 7 nitrogen and oxygen atoms in total. The molecule has 3 rings (SSSR count). The highest BCUT2D eigenvalue weighted by Crippen LogP contribution is 2.31. The molecule has 2 aromatic carbocycles. The first-order valence-corrected chi connectivity index (χ1v) is 7.89. The van der Waals surface area contributed by atoms with Gasteiger partial charge in [0.15, 0.2) is 0 Å². The smallest absolute Gasteiger partial charge is 0.409 e. The van der Waals surface area contributed by atoms with E-state index in [1.165, 1.54) is 5.56 Å². The van der Waals surface area contributed by atoms with Gasteiger partial charge >= 0.3 is 6.09 Å². The number of aryl methyl sites for hydroxylation is 1. The van der Waals surface area contributed by atoms with Gasteiger partial charge in [0.05, 0.1) is 0 Å². The minimum absolute atomic E-state index is 0.242. The normalized spacial score (nSPS) is 15.8. The molecule has 1 aliphatic rings. The first-order valence-electron chi connectivity index (χ1n) is 7.89. The van der Waals surface area contributed by atoms with Crippen LogP contribution in [-0.4, -0.2) is 22.3 Å². The maximum Gasteiger partial charge on any atom is 0.409 e. The molecule has 1 unspecified atom stereocenters. The van der Waals surface area contributed by atoms with Gasteiger partial charge in [-0.1, -0.05) is 6.07 Å². The quantitative estimate of drug-likeness (QED) is 0.504. The van der Waals surface area contributed by atoms with Gasteiger partial charge in [-0.15, -0.1) is 0 Å². The molecule has 0 fully saturated rings. The van der Waals surface area contributed by atoms with Gasteiger partial charge in [-0.3, -0.25) is 15.3 Å². The van der Waals surface area contributed by atoms with E-state index in [0.29, 0.717) is 30.0 Å². The molecule has 0 saturated carbocycles. The molecule has 4 N–H and O–H groups in total. The summed E-state index contributed by atoms with van der Waals surface area (Å²) in [6.07, 6.45) is 0.922. The van der Waals surface area contributed by atoms with Crippen molar-refractivity contribution in [2.45, 2.75) is 19.3 Å². The van der Waals surface area contributed by atoms with Crippen LogP contribution >= 0.6 is 0 Å². The molecule has 0 spiro atoms. The Kier molecular flexibility index (Phi) is 4.85. The van der Waals surface area contributed by atoms with Crippen molar-refractivity contribution in [2.75, 3.05) is 5.32 Å². The first kappa shape index (κ1) is 16.8. The number of carboxylic acid groups (broad SMARTS) is 1. The second-order valence-electron chi connectivity index (χ2n) is 5.90. The Bertz CT molecular complexity index is 789. The second kappa shape index (κ2) is 7.23.